The zero-order valence-electron chi connectivity index (χ0n) is 38.7. The third kappa shape index (κ3) is 15.5. The van der Waals surface area contributed by atoms with Gasteiger partial charge in [0.05, 0.1) is 49.7 Å². The molecule has 2 aromatic carbocycles. The van der Waals surface area contributed by atoms with Crippen molar-refractivity contribution in [1.29, 1.82) is 0 Å². The fraction of sp³-hybridized carbons (Fsp3) is 0.510. The standard InChI is InChI=1S/C49H56O20/c1-5-41(51)63-23-25-65-43(53)30-8-12-32(13-9-30)45(55)67-36-19-21-40(38(27-36)49(59)61-4)69-47(57)34-16-14-33(15-17-34)46(56)68-39-20-18-35(26-37(39)48(58)60-3)66-44(54)31-10-6-29(7-11-31)42(52)64-24-22-62-28(2)50/h5,18-21,26-27,29-34H,1,6-17,22-25H2,2-4H3. The van der Waals surface area contributed by atoms with Gasteiger partial charge in [-0.3, -0.25) is 33.6 Å². The summed E-state index contributed by atoms with van der Waals surface area (Å²) in [7, 11) is 2.28. The van der Waals surface area contributed by atoms with Crippen molar-refractivity contribution >= 4 is 59.7 Å². The minimum Gasteiger partial charge on any atom is -0.465 e. The van der Waals surface area contributed by atoms with Crippen LogP contribution in [0.4, 0.5) is 0 Å². The first kappa shape index (κ1) is 52.8. The molecule has 3 saturated carbocycles. The molecule has 0 aliphatic heterocycles. The van der Waals surface area contributed by atoms with Gasteiger partial charge in [-0.15, -0.1) is 0 Å². The van der Waals surface area contributed by atoms with Crippen molar-refractivity contribution in [1.82, 2.24) is 0 Å². The van der Waals surface area contributed by atoms with Gasteiger partial charge in [0.25, 0.3) is 0 Å². The van der Waals surface area contributed by atoms with E-state index in [0.29, 0.717) is 51.4 Å². The van der Waals surface area contributed by atoms with Crippen molar-refractivity contribution in [2.75, 3.05) is 40.6 Å². The van der Waals surface area contributed by atoms with E-state index in [9.17, 15) is 47.9 Å². The second-order valence-electron chi connectivity index (χ2n) is 16.7. The second kappa shape index (κ2) is 25.9. The number of benzene rings is 2. The second-order valence-corrected chi connectivity index (χ2v) is 16.7. The van der Waals surface area contributed by atoms with Crippen LogP contribution in [-0.2, 0) is 66.8 Å². The van der Waals surface area contributed by atoms with Gasteiger partial charge in [-0.25, -0.2) is 14.4 Å². The highest BCUT2D eigenvalue weighted by molar-refractivity contribution is 5.95. The lowest BCUT2D eigenvalue weighted by Crippen LogP contribution is -2.31. The normalized spacial score (nSPS) is 20.9. The molecule has 0 amide bonds. The number of ether oxygens (including phenoxy) is 10. The van der Waals surface area contributed by atoms with E-state index in [1.807, 2.05) is 0 Å². The van der Waals surface area contributed by atoms with E-state index < -0.39 is 95.2 Å². The van der Waals surface area contributed by atoms with Gasteiger partial charge in [0.2, 0.25) is 0 Å². The van der Waals surface area contributed by atoms with Crippen LogP contribution in [-0.4, -0.2) is 100 Å². The average molecular weight is 965 g/mol. The Bertz CT molecular complexity index is 2240. The number of rotatable bonds is 19. The van der Waals surface area contributed by atoms with Crippen LogP contribution in [0.5, 0.6) is 23.0 Å². The Morgan fingerprint density at radius 3 is 1.07 bits per heavy atom. The topological polar surface area (TPSA) is 263 Å². The summed E-state index contributed by atoms with van der Waals surface area (Å²) in [6.07, 6.45) is 4.85. The third-order valence-corrected chi connectivity index (χ3v) is 12.1. The van der Waals surface area contributed by atoms with Crippen molar-refractivity contribution in [2.45, 2.75) is 84.0 Å². The lowest BCUT2D eigenvalue weighted by Gasteiger charge is -2.26. The predicted octanol–water partition coefficient (Wildman–Crippen LogP) is 5.38. The molecule has 5 rings (SSSR count). The molecule has 2 aromatic rings. The summed E-state index contributed by atoms with van der Waals surface area (Å²) in [4.78, 5) is 125. The molecule has 0 bridgehead atoms. The SMILES string of the molecule is C=CC(=O)OCCOC(=O)C1CCC(C(=O)Oc2ccc(OC(=O)C3CCC(C(=O)Oc4ccc(OC(=O)C5CCC(C(=O)OCCOC(C)=O)CC5)cc4C(=O)OC)CC3)c(C(=O)OC)c2)CC1. The monoisotopic (exact) mass is 964 g/mol. The predicted molar refractivity (Wildman–Crippen MR) is 234 cm³/mol. The van der Waals surface area contributed by atoms with Crippen LogP contribution in [0.15, 0.2) is 49.1 Å². The van der Waals surface area contributed by atoms with Crippen LogP contribution in [0.1, 0.15) is 105 Å². The molecule has 0 saturated heterocycles. The lowest BCUT2D eigenvalue weighted by molar-refractivity contribution is -0.156. The molecule has 0 aromatic heterocycles. The molecule has 0 heterocycles. The van der Waals surface area contributed by atoms with Gasteiger partial charge in [0, 0.05) is 13.0 Å². The Morgan fingerprint density at radius 1 is 0.449 bits per heavy atom. The van der Waals surface area contributed by atoms with Crippen LogP contribution in [0.25, 0.3) is 0 Å². The molecule has 0 unspecified atom stereocenters. The first-order valence-electron chi connectivity index (χ1n) is 22.7. The largest absolute Gasteiger partial charge is 0.465 e. The molecular weight excluding hydrogens is 909 g/mol. The van der Waals surface area contributed by atoms with E-state index in [1.165, 1.54) is 43.3 Å². The molecule has 20 nitrogen and oxygen atoms in total. The maximum absolute atomic E-state index is 13.4. The third-order valence-electron chi connectivity index (χ3n) is 12.1. The zero-order valence-corrected chi connectivity index (χ0v) is 38.7. The van der Waals surface area contributed by atoms with Crippen LogP contribution in [0.3, 0.4) is 0 Å². The molecule has 3 fully saturated rings. The summed E-state index contributed by atoms with van der Waals surface area (Å²) in [5.41, 5.74) is -0.333. The van der Waals surface area contributed by atoms with E-state index >= 15 is 0 Å². The average Bonchev–Trinajstić information content (AvgIpc) is 3.36. The molecule has 69 heavy (non-hydrogen) atoms. The van der Waals surface area contributed by atoms with Crippen molar-refractivity contribution in [2.24, 2.45) is 35.5 Å². The fourth-order valence-electron chi connectivity index (χ4n) is 8.25. The Hall–Kier alpha value is -7.12. The first-order chi connectivity index (χ1) is 33.1. The Morgan fingerprint density at radius 2 is 0.754 bits per heavy atom. The van der Waals surface area contributed by atoms with Gasteiger partial charge >= 0.3 is 59.7 Å². The highest BCUT2D eigenvalue weighted by Crippen LogP contribution is 2.36. The minimum absolute atomic E-state index is 0.00720. The van der Waals surface area contributed by atoms with Crippen molar-refractivity contribution in [3.05, 3.63) is 60.2 Å². The van der Waals surface area contributed by atoms with Crippen molar-refractivity contribution in [3.8, 4) is 23.0 Å². The number of carbonyl (C=O) groups excluding carboxylic acids is 10. The van der Waals surface area contributed by atoms with Gasteiger partial charge in [-0.2, -0.15) is 0 Å². The quantitative estimate of drug-likeness (QED) is 0.0562. The molecule has 0 atom stereocenters. The smallest absolute Gasteiger partial charge is 0.341 e. The van der Waals surface area contributed by atoms with Gasteiger partial charge in [0.15, 0.2) is 0 Å². The highest BCUT2D eigenvalue weighted by atomic mass is 16.6. The fourth-order valence-corrected chi connectivity index (χ4v) is 8.25. The zero-order chi connectivity index (χ0) is 50.0. The maximum atomic E-state index is 13.4. The van der Waals surface area contributed by atoms with Crippen LogP contribution < -0.4 is 18.9 Å². The molecule has 0 spiro atoms. The number of methoxy groups -OCH3 is 2. The van der Waals surface area contributed by atoms with E-state index in [0.717, 1.165) is 20.3 Å². The van der Waals surface area contributed by atoms with Crippen LogP contribution >= 0.6 is 0 Å². The molecule has 0 radical (unpaired) electrons. The van der Waals surface area contributed by atoms with Gasteiger partial charge in [-0.1, -0.05) is 6.58 Å². The summed E-state index contributed by atoms with van der Waals surface area (Å²) >= 11 is 0. The number of esters is 10. The Labute approximate surface area is 397 Å². The summed E-state index contributed by atoms with van der Waals surface area (Å²) < 4.78 is 52.1. The molecular formula is C49H56O20. The Kier molecular flexibility index (Phi) is 19.8. The van der Waals surface area contributed by atoms with E-state index in [2.05, 4.69) is 6.58 Å². The minimum atomic E-state index is -0.854. The van der Waals surface area contributed by atoms with Crippen molar-refractivity contribution in [3.63, 3.8) is 0 Å². The van der Waals surface area contributed by atoms with Crippen molar-refractivity contribution < 1.29 is 95.3 Å². The summed E-state index contributed by atoms with van der Waals surface area (Å²) in [6.45, 7) is 4.23. The molecule has 372 valence electrons. The van der Waals surface area contributed by atoms with Gasteiger partial charge < -0.3 is 47.4 Å². The molecule has 3 aliphatic rings. The molecule has 0 N–H and O–H groups in total. The Balaban J connectivity index is 1.08. The number of hydrogen-bond acceptors (Lipinski definition) is 20. The van der Waals surface area contributed by atoms with E-state index in [-0.39, 0.29) is 86.2 Å². The first-order valence-corrected chi connectivity index (χ1v) is 22.7. The van der Waals surface area contributed by atoms with Crippen LogP contribution in [0, 0.1) is 35.5 Å². The van der Waals surface area contributed by atoms with E-state index in [4.69, 9.17) is 47.4 Å². The highest BCUT2D eigenvalue weighted by Gasteiger charge is 2.36. The molecule has 3 aliphatic carbocycles. The molecule has 20 heteroatoms. The van der Waals surface area contributed by atoms with Gasteiger partial charge in [-0.05, 0) is 113 Å². The summed E-state index contributed by atoms with van der Waals surface area (Å²) in [5.74, 6) is -9.58. The van der Waals surface area contributed by atoms with Crippen LogP contribution in [0.2, 0.25) is 0 Å². The number of carbonyl (C=O) groups is 10. The van der Waals surface area contributed by atoms with E-state index in [1.54, 1.807) is 0 Å². The maximum Gasteiger partial charge on any atom is 0.341 e. The van der Waals surface area contributed by atoms with Gasteiger partial charge in [0.1, 0.15) is 60.6 Å². The lowest BCUT2D eigenvalue weighted by atomic mass is 9.82. The summed E-state index contributed by atoms with van der Waals surface area (Å²) in [5, 5.41) is 0. The summed E-state index contributed by atoms with van der Waals surface area (Å²) in [6, 6.07) is 7.83. The number of hydrogen-bond donors (Lipinski definition) is 0.